The van der Waals surface area contributed by atoms with Crippen LogP contribution in [0, 0.1) is 0 Å². The van der Waals surface area contributed by atoms with Gasteiger partial charge in [-0.1, -0.05) is 5.57 Å². The van der Waals surface area contributed by atoms with Crippen molar-refractivity contribution in [1.29, 1.82) is 0 Å². The van der Waals surface area contributed by atoms with Crippen molar-refractivity contribution in [1.82, 2.24) is 0 Å². The van der Waals surface area contributed by atoms with E-state index in [1.807, 2.05) is 6.92 Å². The zero-order chi connectivity index (χ0) is 6.41. The monoisotopic (exact) mass is 112 g/mol. The number of hydrogen-bond donors (Lipinski definition) is 1. The average molecular weight is 112 g/mol. The summed E-state index contributed by atoms with van der Waals surface area (Å²) in [5.41, 5.74) is 6.18. The number of nitrogens with two attached hydrogens (primary N) is 1. The molecule has 0 fully saturated rings. The molecule has 0 saturated carbocycles. The van der Waals surface area contributed by atoms with Crippen LogP contribution < -0.4 is 5.73 Å². The Bertz CT molecular complexity index is 96.7. The van der Waals surface area contributed by atoms with Crippen LogP contribution >= 0.6 is 0 Å². The molecule has 2 nitrogen and oxygen atoms in total. The van der Waals surface area contributed by atoms with E-state index in [0.29, 0.717) is 6.54 Å². The number of rotatable bonds is 3. The van der Waals surface area contributed by atoms with Crippen LogP contribution in [0.2, 0.25) is 0 Å². The Balaban J connectivity index is 3.44. The van der Waals surface area contributed by atoms with E-state index in [4.69, 9.17) is 5.73 Å². The molecule has 8 heavy (non-hydrogen) atoms. The molecule has 0 aromatic heterocycles. The van der Waals surface area contributed by atoms with Gasteiger partial charge in [0.2, 0.25) is 6.29 Å². The second-order valence-electron chi connectivity index (χ2n) is 1.65. The molecular formula is C6H10NO. The first-order chi connectivity index (χ1) is 3.81. The quantitative estimate of drug-likeness (QED) is 0.537. The lowest BCUT2D eigenvalue weighted by molar-refractivity contribution is 0.564. The molecule has 0 bridgehead atoms. The molecule has 45 valence electrons. The van der Waals surface area contributed by atoms with Crippen molar-refractivity contribution >= 4 is 6.29 Å². The summed E-state index contributed by atoms with van der Waals surface area (Å²) in [4.78, 5) is 9.65. The van der Waals surface area contributed by atoms with Crippen LogP contribution in [0.4, 0.5) is 0 Å². The highest BCUT2D eigenvalue weighted by Gasteiger charge is 1.83. The van der Waals surface area contributed by atoms with E-state index < -0.39 is 0 Å². The van der Waals surface area contributed by atoms with Crippen molar-refractivity contribution in [2.24, 2.45) is 5.73 Å². The highest BCUT2D eigenvalue weighted by atomic mass is 16.1. The fourth-order valence-corrected chi connectivity index (χ4v) is 0.400. The summed E-state index contributed by atoms with van der Waals surface area (Å²) in [6, 6.07) is 0. The third kappa shape index (κ3) is 3.56. The van der Waals surface area contributed by atoms with Crippen LogP contribution in [0.5, 0.6) is 0 Å². The third-order valence-corrected chi connectivity index (χ3v) is 0.844. The summed E-state index contributed by atoms with van der Waals surface area (Å²) in [5.74, 6) is 0. The fraction of sp³-hybridized carbons (Fsp3) is 0.500. The second kappa shape index (κ2) is 4.53. The van der Waals surface area contributed by atoms with Crippen LogP contribution in [0.15, 0.2) is 11.6 Å². The van der Waals surface area contributed by atoms with E-state index in [1.165, 1.54) is 6.08 Å². The van der Waals surface area contributed by atoms with Crippen molar-refractivity contribution in [3.05, 3.63) is 11.6 Å². The van der Waals surface area contributed by atoms with Gasteiger partial charge in [0.05, 0.1) is 0 Å². The summed E-state index contributed by atoms with van der Waals surface area (Å²) < 4.78 is 0. The molecule has 2 heteroatoms. The van der Waals surface area contributed by atoms with E-state index in [1.54, 1.807) is 6.29 Å². The molecule has 0 aliphatic heterocycles. The molecule has 0 saturated heterocycles. The topological polar surface area (TPSA) is 43.1 Å². The van der Waals surface area contributed by atoms with Crippen molar-refractivity contribution in [2.45, 2.75) is 13.3 Å². The fourth-order valence-electron chi connectivity index (χ4n) is 0.400. The van der Waals surface area contributed by atoms with Gasteiger partial charge in [0.15, 0.2) is 0 Å². The molecule has 0 atom stereocenters. The Hall–Kier alpha value is -0.630. The predicted molar refractivity (Wildman–Crippen MR) is 33.1 cm³/mol. The van der Waals surface area contributed by atoms with Gasteiger partial charge in [-0.15, -0.1) is 0 Å². The third-order valence-electron chi connectivity index (χ3n) is 0.844. The molecular weight excluding hydrogens is 102 g/mol. The zero-order valence-corrected chi connectivity index (χ0v) is 4.98. The highest BCUT2D eigenvalue weighted by Crippen LogP contribution is 1.93. The minimum atomic E-state index is 0.601. The maximum Gasteiger partial charge on any atom is 0.225 e. The maximum absolute atomic E-state index is 9.65. The van der Waals surface area contributed by atoms with E-state index in [-0.39, 0.29) is 0 Å². The Kier molecular flexibility index (Phi) is 4.17. The average Bonchev–Trinajstić information content (AvgIpc) is 1.68. The molecule has 0 aromatic rings. The Morgan fingerprint density at radius 3 is 2.88 bits per heavy atom. The van der Waals surface area contributed by atoms with Gasteiger partial charge in [-0.05, 0) is 26.0 Å². The minimum Gasteiger partial charge on any atom is -0.330 e. The molecule has 0 spiro atoms. The SMILES string of the molecule is CC(=C[C]=O)CCN. The molecule has 0 heterocycles. The van der Waals surface area contributed by atoms with Gasteiger partial charge in [0.1, 0.15) is 0 Å². The van der Waals surface area contributed by atoms with Crippen LogP contribution in [0.25, 0.3) is 0 Å². The minimum absolute atomic E-state index is 0.601. The number of hydrogen-bond acceptors (Lipinski definition) is 2. The largest absolute Gasteiger partial charge is 0.330 e. The summed E-state index contributed by atoms with van der Waals surface area (Å²) in [7, 11) is 0. The van der Waals surface area contributed by atoms with E-state index in [2.05, 4.69) is 0 Å². The standard InChI is InChI=1S/C6H10NO/c1-6(2-4-7)3-5-8/h3H,2,4,7H2,1H3. The van der Waals surface area contributed by atoms with Crippen molar-refractivity contribution < 1.29 is 4.79 Å². The lowest BCUT2D eigenvalue weighted by Gasteiger charge is -1.90. The van der Waals surface area contributed by atoms with Gasteiger partial charge < -0.3 is 5.73 Å². The van der Waals surface area contributed by atoms with Crippen molar-refractivity contribution in [3.63, 3.8) is 0 Å². The normalized spacial score (nSPS) is 11.5. The molecule has 1 radical (unpaired) electrons. The first-order valence-corrected chi connectivity index (χ1v) is 2.54. The van der Waals surface area contributed by atoms with Crippen molar-refractivity contribution in [3.8, 4) is 0 Å². The second-order valence-corrected chi connectivity index (χ2v) is 1.65. The molecule has 0 amide bonds. The number of allylic oxidation sites excluding steroid dienone is 1. The molecule has 0 aromatic carbocycles. The van der Waals surface area contributed by atoms with Gasteiger partial charge in [-0.2, -0.15) is 0 Å². The smallest absolute Gasteiger partial charge is 0.225 e. The van der Waals surface area contributed by atoms with Gasteiger partial charge in [-0.3, -0.25) is 4.79 Å². The van der Waals surface area contributed by atoms with Crippen LogP contribution in [0.1, 0.15) is 13.3 Å². The lowest BCUT2D eigenvalue weighted by Crippen LogP contribution is -1.98. The number of carbonyl (C=O) groups excluding carboxylic acids is 1. The summed E-state index contributed by atoms with van der Waals surface area (Å²) in [5, 5.41) is 0. The highest BCUT2D eigenvalue weighted by molar-refractivity contribution is 5.66. The van der Waals surface area contributed by atoms with Crippen molar-refractivity contribution in [2.75, 3.05) is 6.54 Å². The Labute approximate surface area is 49.4 Å². The van der Waals surface area contributed by atoms with E-state index in [9.17, 15) is 4.79 Å². The van der Waals surface area contributed by atoms with Gasteiger partial charge in [0, 0.05) is 0 Å². The predicted octanol–water partition coefficient (Wildman–Crippen LogP) is 0.391. The lowest BCUT2D eigenvalue weighted by atomic mass is 10.2. The van der Waals surface area contributed by atoms with E-state index in [0.717, 1.165) is 12.0 Å². The molecule has 0 rings (SSSR count). The first kappa shape index (κ1) is 7.37. The van der Waals surface area contributed by atoms with E-state index >= 15 is 0 Å². The molecule has 0 unspecified atom stereocenters. The van der Waals surface area contributed by atoms with Crippen LogP contribution in [-0.4, -0.2) is 12.8 Å². The zero-order valence-electron chi connectivity index (χ0n) is 4.98. The van der Waals surface area contributed by atoms with Crippen LogP contribution in [-0.2, 0) is 4.79 Å². The Morgan fingerprint density at radius 1 is 1.88 bits per heavy atom. The van der Waals surface area contributed by atoms with Gasteiger partial charge in [0.25, 0.3) is 0 Å². The first-order valence-electron chi connectivity index (χ1n) is 2.54. The summed E-state index contributed by atoms with van der Waals surface area (Å²) in [6.45, 7) is 2.46. The van der Waals surface area contributed by atoms with Crippen LogP contribution in [0.3, 0.4) is 0 Å². The maximum atomic E-state index is 9.65. The van der Waals surface area contributed by atoms with Gasteiger partial charge in [-0.25, -0.2) is 0 Å². The molecule has 0 aliphatic rings. The molecule has 0 aliphatic carbocycles. The molecule has 2 N–H and O–H groups in total. The Morgan fingerprint density at radius 2 is 2.50 bits per heavy atom. The van der Waals surface area contributed by atoms with Gasteiger partial charge >= 0.3 is 0 Å². The summed E-state index contributed by atoms with van der Waals surface area (Å²) in [6.07, 6.45) is 3.88. The summed E-state index contributed by atoms with van der Waals surface area (Å²) >= 11 is 0.